The van der Waals surface area contributed by atoms with Gasteiger partial charge >= 0.3 is 17.1 Å². The van der Waals surface area contributed by atoms with E-state index in [2.05, 4.69) is 10.1 Å². The van der Waals surface area contributed by atoms with Crippen molar-refractivity contribution >= 4 is 17.7 Å². The molecule has 0 aliphatic heterocycles. The maximum atomic E-state index is 11.0. The molecule has 0 spiro atoms. The lowest BCUT2D eigenvalue weighted by Crippen LogP contribution is -2.47. The molecule has 1 heterocycles. The molecule has 1 rings (SSSR count). The number of aryl methyl sites for hydroxylation is 1. The molecule has 94 valence electrons. The van der Waals surface area contributed by atoms with Crippen molar-refractivity contribution in [1.82, 2.24) is 14.8 Å². The SMILES string of the molecule is Cn1[nH]c(=O)c(=O)nc1SCC(C)(N)C(=O)O. The Kier molecular flexibility index (Phi) is 3.73. The van der Waals surface area contributed by atoms with Crippen molar-refractivity contribution in [2.45, 2.75) is 17.6 Å². The van der Waals surface area contributed by atoms with Gasteiger partial charge in [-0.05, 0) is 6.92 Å². The van der Waals surface area contributed by atoms with E-state index in [0.29, 0.717) is 0 Å². The summed E-state index contributed by atoms with van der Waals surface area (Å²) in [6.45, 7) is 1.35. The fraction of sp³-hybridized carbons (Fsp3) is 0.500. The molecule has 0 aliphatic carbocycles. The molecule has 0 radical (unpaired) electrons. The van der Waals surface area contributed by atoms with E-state index in [-0.39, 0.29) is 10.9 Å². The summed E-state index contributed by atoms with van der Waals surface area (Å²) in [5, 5.41) is 11.3. The molecule has 0 fully saturated rings. The van der Waals surface area contributed by atoms with Crippen LogP contribution in [0, 0.1) is 0 Å². The summed E-state index contributed by atoms with van der Waals surface area (Å²) in [7, 11) is 1.49. The van der Waals surface area contributed by atoms with Crippen LogP contribution in [0.1, 0.15) is 6.92 Å². The topological polar surface area (TPSA) is 131 Å². The molecule has 1 unspecified atom stereocenters. The molecule has 0 amide bonds. The van der Waals surface area contributed by atoms with E-state index in [1.165, 1.54) is 18.7 Å². The molecule has 1 aromatic rings. The quantitative estimate of drug-likeness (QED) is 0.437. The number of nitrogens with zero attached hydrogens (tertiary/aromatic N) is 2. The van der Waals surface area contributed by atoms with Crippen LogP contribution in [0.3, 0.4) is 0 Å². The number of carbonyl (C=O) groups is 1. The van der Waals surface area contributed by atoms with E-state index in [1.807, 2.05) is 0 Å². The van der Waals surface area contributed by atoms with E-state index in [0.717, 1.165) is 11.8 Å². The maximum absolute atomic E-state index is 11.0. The van der Waals surface area contributed by atoms with Gasteiger partial charge in [-0.3, -0.25) is 24.2 Å². The van der Waals surface area contributed by atoms with Crippen molar-refractivity contribution in [3.63, 3.8) is 0 Å². The summed E-state index contributed by atoms with van der Waals surface area (Å²) in [6.07, 6.45) is 0. The van der Waals surface area contributed by atoms with Crippen LogP contribution in [0.2, 0.25) is 0 Å². The Balaban J connectivity index is 2.91. The van der Waals surface area contributed by atoms with E-state index in [4.69, 9.17) is 10.8 Å². The van der Waals surface area contributed by atoms with Crippen LogP contribution in [0.15, 0.2) is 14.7 Å². The number of aliphatic carboxylic acids is 1. The normalized spacial score (nSPS) is 14.3. The monoisotopic (exact) mass is 260 g/mol. The number of H-pyrrole nitrogens is 1. The lowest BCUT2D eigenvalue weighted by atomic mass is 10.1. The standard InChI is InChI=1S/C8H12N4O4S/c1-8(9,6(15)16)3-17-7-10-4(13)5(14)11-12(7)2/h3,9H2,1-2H3,(H,11,14)(H,15,16). The van der Waals surface area contributed by atoms with Gasteiger partial charge in [0.25, 0.3) is 0 Å². The van der Waals surface area contributed by atoms with E-state index >= 15 is 0 Å². The van der Waals surface area contributed by atoms with Gasteiger partial charge in [0, 0.05) is 12.8 Å². The summed E-state index contributed by atoms with van der Waals surface area (Å²) in [6, 6.07) is 0. The average Bonchev–Trinajstić information content (AvgIpc) is 2.21. The zero-order valence-electron chi connectivity index (χ0n) is 9.26. The summed E-state index contributed by atoms with van der Waals surface area (Å²) in [4.78, 5) is 36.2. The Morgan fingerprint density at radius 2 is 2.24 bits per heavy atom. The van der Waals surface area contributed by atoms with Crippen molar-refractivity contribution in [2.24, 2.45) is 12.8 Å². The number of carboxylic acid groups (broad SMARTS) is 1. The number of aromatic amines is 1. The third kappa shape index (κ3) is 3.17. The van der Waals surface area contributed by atoms with E-state index < -0.39 is 22.6 Å². The summed E-state index contributed by atoms with van der Waals surface area (Å²) < 4.78 is 1.24. The van der Waals surface area contributed by atoms with Crippen LogP contribution in [-0.2, 0) is 11.8 Å². The molecule has 0 saturated carbocycles. The molecular weight excluding hydrogens is 248 g/mol. The van der Waals surface area contributed by atoms with Crippen LogP contribution in [0.5, 0.6) is 0 Å². The molecular formula is C8H12N4O4S. The van der Waals surface area contributed by atoms with Gasteiger partial charge in [-0.2, -0.15) is 4.98 Å². The van der Waals surface area contributed by atoms with Crippen molar-refractivity contribution in [3.8, 4) is 0 Å². The predicted octanol–water partition coefficient (Wildman–Crippen LogP) is -1.64. The van der Waals surface area contributed by atoms with Gasteiger partial charge in [0.05, 0.1) is 0 Å². The highest BCUT2D eigenvalue weighted by molar-refractivity contribution is 7.99. The Morgan fingerprint density at radius 1 is 1.65 bits per heavy atom. The number of aromatic nitrogens is 3. The zero-order chi connectivity index (χ0) is 13.2. The van der Waals surface area contributed by atoms with Gasteiger partial charge in [0.1, 0.15) is 5.54 Å². The predicted molar refractivity (Wildman–Crippen MR) is 61.1 cm³/mol. The number of thioether (sulfide) groups is 1. The van der Waals surface area contributed by atoms with Crippen LogP contribution in [0.25, 0.3) is 0 Å². The van der Waals surface area contributed by atoms with Gasteiger partial charge in [0.15, 0.2) is 5.16 Å². The maximum Gasteiger partial charge on any atom is 0.339 e. The number of hydrogen-bond donors (Lipinski definition) is 3. The Hall–Kier alpha value is -1.61. The Morgan fingerprint density at radius 3 is 2.76 bits per heavy atom. The highest BCUT2D eigenvalue weighted by atomic mass is 32.2. The minimum atomic E-state index is -1.43. The van der Waals surface area contributed by atoms with Crippen LogP contribution < -0.4 is 16.9 Å². The summed E-state index contributed by atoms with van der Waals surface area (Å²) >= 11 is 0.981. The lowest BCUT2D eigenvalue weighted by molar-refractivity contribution is -0.141. The number of carboxylic acids is 1. The highest BCUT2D eigenvalue weighted by Crippen LogP contribution is 2.17. The molecule has 4 N–H and O–H groups in total. The van der Waals surface area contributed by atoms with Gasteiger partial charge in [-0.1, -0.05) is 11.8 Å². The van der Waals surface area contributed by atoms with E-state index in [9.17, 15) is 14.4 Å². The minimum absolute atomic E-state index is 0.0225. The molecule has 0 aliphatic rings. The largest absolute Gasteiger partial charge is 0.480 e. The summed E-state index contributed by atoms with van der Waals surface area (Å²) in [5.74, 6) is -1.13. The molecule has 1 atom stereocenters. The number of nitrogens with two attached hydrogens (primary N) is 1. The molecule has 0 aromatic carbocycles. The van der Waals surface area contributed by atoms with Gasteiger partial charge in [0.2, 0.25) is 0 Å². The summed E-state index contributed by atoms with van der Waals surface area (Å²) in [5.41, 5.74) is 2.34. The number of rotatable bonds is 4. The zero-order valence-corrected chi connectivity index (χ0v) is 10.1. The fourth-order valence-electron chi connectivity index (χ4n) is 0.866. The van der Waals surface area contributed by atoms with Crippen molar-refractivity contribution < 1.29 is 9.90 Å². The first-order valence-electron chi connectivity index (χ1n) is 4.56. The first-order valence-corrected chi connectivity index (χ1v) is 5.55. The molecule has 0 bridgehead atoms. The van der Waals surface area contributed by atoms with Crippen molar-refractivity contribution in [2.75, 3.05) is 5.75 Å². The molecule has 8 nitrogen and oxygen atoms in total. The van der Waals surface area contributed by atoms with E-state index in [1.54, 1.807) is 0 Å². The fourth-order valence-corrected chi connectivity index (χ4v) is 1.81. The third-order valence-corrected chi connectivity index (χ3v) is 3.30. The first-order chi connectivity index (χ1) is 7.74. The van der Waals surface area contributed by atoms with Crippen molar-refractivity contribution in [3.05, 3.63) is 20.7 Å². The number of nitrogens with one attached hydrogen (secondary N) is 1. The second-order valence-electron chi connectivity index (χ2n) is 3.71. The average molecular weight is 260 g/mol. The van der Waals surface area contributed by atoms with Gasteiger partial charge in [-0.15, -0.1) is 0 Å². The van der Waals surface area contributed by atoms with Crippen LogP contribution >= 0.6 is 11.8 Å². The molecule has 0 saturated heterocycles. The van der Waals surface area contributed by atoms with Gasteiger partial charge in [-0.25, -0.2) is 0 Å². The van der Waals surface area contributed by atoms with Crippen molar-refractivity contribution in [1.29, 1.82) is 0 Å². The second-order valence-corrected chi connectivity index (χ2v) is 4.65. The van der Waals surface area contributed by atoms with Gasteiger partial charge < -0.3 is 10.8 Å². The van der Waals surface area contributed by atoms with Crippen LogP contribution in [-0.4, -0.2) is 37.1 Å². The molecule has 17 heavy (non-hydrogen) atoms. The molecule has 9 heteroatoms. The second kappa shape index (κ2) is 4.72. The smallest absolute Gasteiger partial charge is 0.339 e. The first kappa shape index (κ1) is 13.5. The lowest BCUT2D eigenvalue weighted by Gasteiger charge is -2.18. The third-order valence-electron chi connectivity index (χ3n) is 1.94. The number of hydrogen-bond acceptors (Lipinski definition) is 6. The van der Waals surface area contributed by atoms with Crippen LogP contribution in [0.4, 0.5) is 0 Å². The Bertz CT molecular complexity index is 547. The minimum Gasteiger partial charge on any atom is -0.480 e. The molecule has 1 aromatic heterocycles. The highest BCUT2D eigenvalue weighted by Gasteiger charge is 2.28. The Labute approximate surface area is 99.8 Å².